The van der Waals surface area contributed by atoms with Crippen molar-refractivity contribution in [3.63, 3.8) is 0 Å². The standard InChI is InChI=1S/C18H20N6O6S2/c19-10(25)3-8-5-31-16-12(15(27)24(16)13(8)17(28)29)22-14(26)11(9-6-32-18(20)21-9)23-30-4-7-1-2-7/h6-7,12,16H,1-5H2,(H2,19,25)(H2,20,21)(H,22,26)(H,28,29)/b23-11-/t12-,16-/m1/s1. The topological polar surface area (TPSA) is 190 Å². The molecule has 4 rings (SSSR count). The molecular weight excluding hydrogens is 460 g/mol. The number of aliphatic carboxylic acids is 1. The summed E-state index contributed by atoms with van der Waals surface area (Å²) in [6.45, 7) is 0.375. The number of oxime groups is 1. The van der Waals surface area contributed by atoms with Crippen LogP contribution in [0.2, 0.25) is 0 Å². The van der Waals surface area contributed by atoms with Gasteiger partial charge in [0.1, 0.15) is 29.4 Å². The Morgan fingerprint density at radius 3 is 2.72 bits per heavy atom. The molecule has 0 aromatic carbocycles. The van der Waals surface area contributed by atoms with Gasteiger partial charge in [-0.1, -0.05) is 5.16 Å². The zero-order valence-corrected chi connectivity index (χ0v) is 18.3. The first-order chi connectivity index (χ1) is 15.3. The molecule has 32 heavy (non-hydrogen) atoms. The Bertz CT molecular complexity index is 1050. The highest BCUT2D eigenvalue weighted by Crippen LogP contribution is 2.41. The Morgan fingerprint density at radius 1 is 1.38 bits per heavy atom. The van der Waals surface area contributed by atoms with E-state index in [4.69, 9.17) is 16.3 Å². The van der Waals surface area contributed by atoms with E-state index in [0.717, 1.165) is 29.1 Å². The molecule has 0 radical (unpaired) electrons. The number of nitrogens with one attached hydrogen (secondary N) is 1. The summed E-state index contributed by atoms with van der Waals surface area (Å²) in [5, 5.41) is 17.2. The van der Waals surface area contributed by atoms with E-state index in [9.17, 15) is 24.3 Å². The molecule has 0 spiro atoms. The van der Waals surface area contributed by atoms with Crippen molar-refractivity contribution in [3.05, 3.63) is 22.3 Å². The minimum absolute atomic E-state index is 0.117. The van der Waals surface area contributed by atoms with E-state index in [2.05, 4.69) is 15.5 Å². The summed E-state index contributed by atoms with van der Waals surface area (Å²) in [5.41, 5.74) is 11.0. The number of nitrogens with zero attached hydrogens (tertiary/aromatic N) is 3. The smallest absolute Gasteiger partial charge is 0.352 e. The van der Waals surface area contributed by atoms with Gasteiger partial charge >= 0.3 is 5.97 Å². The number of carboxylic acid groups (broad SMARTS) is 1. The van der Waals surface area contributed by atoms with Crippen LogP contribution in [0.3, 0.4) is 0 Å². The van der Waals surface area contributed by atoms with Crippen LogP contribution in [0, 0.1) is 5.92 Å². The summed E-state index contributed by atoms with van der Waals surface area (Å²) in [5.74, 6) is -2.71. The lowest BCUT2D eigenvalue weighted by molar-refractivity contribution is -0.150. The van der Waals surface area contributed by atoms with Crippen molar-refractivity contribution in [2.24, 2.45) is 16.8 Å². The lowest BCUT2D eigenvalue weighted by Crippen LogP contribution is -2.71. The van der Waals surface area contributed by atoms with Crippen molar-refractivity contribution in [1.82, 2.24) is 15.2 Å². The fourth-order valence-electron chi connectivity index (χ4n) is 3.33. The third kappa shape index (κ3) is 4.41. The lowest BCUT2D eigenvalue weighted by atomic mass is 10.0. The predicted molar refractivity (Wildman–Crippen MR) is 115 cm³/mol. The van der Waals surface area contributed by atoms with Crippen LogP contribution in [0.25, 0.3) is 0 Å². The van der Waals surface area contributed by atoms with Gasteiger partial charge in [0.05, 0.1) is 6.42 Å². The highest BCUT2D eigenvalue weighted by Gasteiger charge is 2.54. The fourth-order valence-corrected chi connectivity index (χ4v) is 5.23. The molecule has 2 fully saturated rings. The highest BCUT2D eigenvalue weighted by molar-refractivity contribution is 8.00. The average molecular weight is 481 g/mol. The van der Waals surface area contributed by atoms with E-state index >= 15 is 0 Å². The predicted octanol–water partition coefficient (Wildman–Crippen LogP) is -0.530. The third-order valence-corrected chi connectivity index (χ3v) is 7.08. The molecule has 3 aliphatic rings. The van der Waals surface area contributed by atoms with Crippen LogP contribution in [-0.2, 0) is 24.0 Å². The number of β-lactam (4-membered cyclic amide) rings is 1. The molecule has 1 saturated heterocycles. The molecule has 2 atom stereocenters. The van der Waals surface area contributed by atoms with Crippen LogP contribution < -0.4 is 16.8 Å². The Balaban J connectivity index is 1.50. The number of thiazole rings is 1. The molecule has 1 saturated carbocycles. The lowest BCUT2D eigenvalue weighted by Gasteiger charge is -2.49. The maximum absolute atomic E-state index is 12.9. The molecule has 1 aromatic rings. The molecule has 3 heterocycles. The second-order valence-electron chi connectivity index (χ2n) is 7.51. The summed E-state index contributed by atoms with van der Waals surface area (Å²) in [7, 11) is 0. The number of carboxylic acids is 1. The fraction of sp³-hybridized carbons (Fsp3) is 0.444. The molecule has 1 aliphatic carbocycles. The molecule has 6 N–H and O–H groups in total. The number of hydrogen-bond acceptors (Lipinski definition) is 10. The van der Waals surface area contributed by atoms with Crippen molar-refractivity contribution in [3.8, 4) is 0 Å². The Labute approximate surface area is 190 Å². The van der Waals surface area contributed by atoms with Crippen molar-refractivity contribution < 1.29 is 29.1 Å². The summed E-state index contributed by atoms with van der Waals surface area (Å²) in [6, 6.07) is -0.971. The van der Waals surface area contributed by atoms with Crippen molar-refractivity contribution in [1.29, 1.82) is 0 Å². The van der Waals surface area contributed by atoms with Crippen LogP contribution in [0.5, 0.6) is 0 Å². The molecule has 0 unspecified atom stereocenters. The number of nitrogens with two attached hydrogens (primary N) is 2. The number of nitrogen functional groups attached to an aromatic ring is 1. The van der Waals surface area contributed by atoms with E-state index < -0.39 is 35.1 Å². The van der Waals surface area contributed by atoms with Crippen molar-refractivity contribution >= 4 is 57.6 Å². The van der Waals surface area contributed by atoms with Gasteiger partial charge in [-0.05, 0) is 24.3 Å². The van der Waals surface area contributed by atoms with E-state index in [0.29, 0.717) is 12.5 Å². The Kier molecular flexibility index (Phi) is 6.06. The van der Waals surface area contributed by atoms with Crippen LogP contribution in [0.4, 0.5) is 5.13 Å². The molecule has 1 aromatic heterocycles. The van der Waals surface area contributed by atoms with Gasteiger partial charge in [-0.25, -0.2) is 9.78 Å². The Morgan fingerprint density at radius 2 is 2.12 bits per heavy atom. The molecule has 3 amide bonds. The number of carbonyl (C=O) groups excluding carboxylic acids is 3. The number of carbonyl (C=O) groups is 4. The molecule has 2 aliphatic heterocycles. The average Bonchev–Trinajstić information content (AvgIpc) is 3.46. The van der Waals surface area contributed by atoms with Gasteiger partial charge in [-0.15, -0.1) is 23.1 Å². The number of amides is 3. The van der Waals surface area contributed by atoms with Crippen LogP contribution in [0.1, 0.15) is 25.0 Å². The number of hydrogen-bond donors (Lipinski definition) is 4. The van der Waals surface area contributed by atoms with Gasteiger partial charge in [-0.3, -0.25) is 19.3 Å². The number of fused-ring (bicyclic) bond motifs is 1. The largest absolute Gasteiger partial charge is 0.477 e. The van der Waals surface area contributed by atoms with Crippen molar-refractivity contribution in [2.75, 3.05) is 18.1 Å². The minimum atomic E-state index is -1.33. The Hall–Kier alpha value is -3.13. The molecule has 12 nitrogen and oxygen atoms in total. The number of aromatic nitrogens is 1. The van der Waals surface area contributed by atoms with E-state index in [1.165, 1.54) is 11.8 Å². The van der Waals surface area contributed by atoms with E-state index in [-0.39, 0.29) is 40.0 Å². The minimum Gasteiger partial charge on any atom is -0.477 e. The highest BCUT2D eigenvalue weighted by atomic mass is 32.2. The quantitative estimate of drug-likeness (QED) is 0.204. The molecule has 14 heteroatoms. The monoisotopic (exact) mass is 480 g/mol. The van der Waals surface area contributed by atoms with Gasteiger partial charge in [0.2, 0.25) is 5.91 Å². The molecule has 170 valence electrons. The summed E-state index contributed by atoms with van der Waals surface area (Å²) in [6.07, 6.45) is 1.83. The first-order valence-corrected chi connectivity index (χ1v) is 11.6. The number of thioether (sulfide) groups is 1. The van der Waals surface area contributed by atoms with Crippen LogP contribution >= 0.6 is 23.1 Å². The molecule has 0 bridgehead atoms. The number of primary amides is 1. The van der Waals surface area contributed by atoms with Crippen molar-refractivity contribution in [2.45, 2.75) is 30.7 Å². The van der Waals surface area contributed by atoms with Gasteiger partial charge < -0.3 is 26.7 Å². The van der Waals surface area contributed by atoms with Gasteiger partial charge in [0, 0.05) is 11.1 Å². The van der Waals surface area contributed by atoms with Gasteiger partial charge in [0.15, 0.2) is 10.8 Å². The molecular formula is C18H20N6O6S2. The maximum atomic E-state index is 12.9. The summed E-state index contributed by atoms with van der Waals surface area (Å²) in [4.78, 5) is 59.1. The zero-order valence-electron chi connectivity index (χ0n) is 16.6. The second kappa shape index (κ2) is 8.78. The summed E-state index contributed by atoms with van der Waals surface area (Å²) < 4.78 is 0. The van der Waals surface area contributed by atoms with Crippen LogP contribution in [-0.4, -0.2) is 68.2 Å². The normalized spacial score (nSPS) is 22.8. The first-order valence-electron chi connectivity index (χ1n) is 9.66. The maximum Gasteiger partial charge on any atom is 0.352 e. The van der Waals surface area contributed by atoms with E-state index in [1.54, 1.807) is 5.38 Å². The SMILES string of the molecule is NC(=O)CC1=C(C(=O)O)N2C(=O)[C@@H](NC(=O)/C(=N\OCC3CC3)c3csc(N)n3)[C@H]2SC1. The van der Waals surface area contributed by atoms with E-state index in [1.807, 2.05) is 0 Å². The van der Waals surface area contributed by atoms with Gasteiger partial charge in [0.25, 0.3) is 11.8 Å². The number of rotatable bonds is 9. The first kappa shape index (κ1) is 22.1. The van der Waals surface area contributed by atoms with Gasteiger partial charge in [-0.2, -0.15) is 0 Å². The zero-order chi connectivity index (χ0) is 23.0. The summed E-state index contributed by atoms with van der Waals surface area (Å²) >= 11 is 2.37. The number of anilines is 1. The third-order valence-electron chi connectivity index (χ3n) is 5.07. The second-order valence-corrected chi connectivity index (χ2v) is 9.51. The van der Waals surface area contributed by atoms with Crippen LogP contribution in [0.15, 0.2) is 21.8 Å².